The van der Waals surface area contributed by atoms with Crippen LogP contribution in [0.4, 0.5) is 0 Å². The largest absolute Gasteiger partial charge is 0.340 e. The SMILES string of the molecule is [CH2]N1CC(C)CC(C)C1=O. The lowest BCUT2D eigenvalue weighted by Crippen LogP contribution is -2.39. The van der Waals surface area contributed by atoms with Crippen molar-refractivity contribution in [3.63, 3.8) is 0 Å². The number of amides is 1. The van der Waals surface area contributed by atoms with Crippen molar-refractivity contribution in [1.29, 1.82) is 0 Å². The van der Waals surface area contributed by atoms with E-state index in [0.29, 0.717) is 5.92 Å². The second kappa shape index (κ2) is 2.60. The van der Waals surface area contributed by atoms with Crippen molar-refractivity contribution in [3.8, 4) is 0 Å². The highest BCUT2D eigenvalue weighted by atomic mass is 16.2. The first-order chi connectivity index (χ1) is 4.61. The maximum Gasteiger partial charge on any atom is 0.225 e. The van der Waals surface area contributed by atoms with Crippen LogP contribution in [-0.2, 0) is 4.79 Å². The average Bonchev–Trinajstić information content (AvgIpc) is 1.82. The van der Waals surface area contributed by atoms with Crippen molar-refractivity contribution in [3.05, 3.63) is 7.05 Å². The minimum absolute atomic E-state index is 0.182. The van der Waals surface area contributed by atoms with Crippen molar-refractivity contribution >= 4 is 5.91 Å². The fourth-order valence-electron chi connectivity index (χ4n) is 1.56. The van der Waals surface area contributed by atoms with Crippen LogP contribution in [0.25, 0.3) is 0 Å². The molecule has 1 aliphatic heterocycles. The van der Waals surface area contributed by atoms with Crippen LogP contribution in [0.3, 0.4) is 0 Å². The second-order valence-electron chi connectivity index (χ2n) is 3.30. The Kier molecular flexibility index (Phi) is 1.97. The third kappa shape index (κ3) is 1.31. The zero-order valence-corrected chi connectivity index (χ0v) is 6.63. The number of carbonyl (C=O) groups excluding carboxylic acids is 1. The van der Waals surface area contributed by atoms with Gasteiger partial charge in [0, 0.05) is 19.5 Å². The lowest BCUT2D eigenvalue weighted by Gasteiger charge is -2.31. The molecule has 10 heavy (non-hydrogen) atoms. The highest BCUT2D eigenvalue weighted by molar-refractivity contribution is 5.79. The average molecular weight is 140 g/mol. The molecule has 0 aliphatic carbocycles. The highest BCUT2D eigenvalue weighted by Gasteiger charge is 2.26. The van der Waals surface area contributed by atoms with E-state index in [-0.39, 0.29) is 11.8 Å². The molecule has 1 heterocycles. The molecular weight excluding hydrogens is 126 g/mol. The Bertz CT molecular complexity index is 130. The molecule has 1 saturated heterocycles. The molecule has 1 fully saturated rings. The van der Waals surface area contributed by atoms with E-state index >= 15 is 0 Å². The van der Waals surface area contributed by atoms with Crippen LogP contribution in [0.15, 0.2) is 0 Å². The van der Waals surface area contributed by atoms with Crippen molar-refractivity contribution in [2.24, 2.45) is 11.8 Å². The van der Waals surface area contributed by atoms with Crippen LogP contribution in [0.5, 0.6) is 0 Å². The van der Waals surface area contributed by atoms with Gasteiger partial charge in [-0.2, -0.15) is 0 Å². The summed E-state index contributed by atoms with van der Waals surface area (Å²) in [7, 11) is 3.66. The third-order valence-electron chi connectivity index (χ3n) is 2.02. The highest BCUT2D eigenvalue weighted by Crippen LogP contribution is 2.20. The summed E-state index contributed by atoms with van der Waals surface area (Å²) in [6.07, 6.45) is 1.02. The Morgan fingerprint density at radius 2 is 2.20 bits per heavy atom. The molecule has 57 valence electrons. The van der Waals surface area contributed by atoms with E-state index in [9.17, 15) is 4.79 Å². The van der Waals surface area contributed by atoms with Crippen LogP contribution in [0.1, 0.15) is 20.3 Å². The molecule has 2 atom stereocenters. The predicted octanol–water partition coefficient (Wildman–Crippen LogP) is 1.28. The lowest BCUT2D eigenvalue weighted by atomic mass is 9.92. The summed E-state index contributed by atoms with van der Waals surface area (Å²) in [4.78, 5) is 12.7. The monoisotopic (exact) mass is 140 g/mol. The quantitative estimate of drug-likeness (QED) is 0.496. The van der Waals surface area contributed by atoms with E-state index in [2.05, 4.69) is 14.0 Å². The Hall–Kier alpha value is -0.530. The molecule has 2 unspecified atom stereocenters. The number of hydrogen-bond acceptors (Lipinski definition) is 1. The van der Waals surface area contributed by atoms with Gasteiger partial charge < -0.3 is 4.90 Å². The Labute approximate surface area is 62.2 Å². The summed E-state index contributed by atoms with van der Waals surface area (Å²) in [5, 5.41) is 0. The van der Waals surface area contributed by atoms with Crippen LogP contribution in [0, 0.1) is 18.9 Å². The molecule has 0 aromatic rings. The number of hydrogen-bond donors (Lipinski definition) is 0. The molecule has 1 aliphatic rings. The minimum Gasteiger partial charge on any atom is -0.340 e. The summed E-state index contributed by atoms with van der Waals surface area (Å²) in [6.45, 7) is 4.94. The summed E-state index contributed by atoms with van der Waals surface area (Å²) in [5.74, 6) is 0.990. The second-order valence-corrected chi connectivity index (χ2v) is 3.30. The van der Waals surface area contributed by atoms with Gasteiger partial charge >= 0.3 is 0 Å². The van der Waals surface area contributed by atoms with Crippen LogP contribution in [-0.4, -0.2) is 17.4 Å². The number of rotatable bonds is 0. The van der Waals surface area contributed by atoms with Gasteiger partial charge in [0.25, 0.3) is 0 Å². The van der Waals surface area contributed by atoms with Gasteiger partial charge in [-0.3, -0.25) is 4.79 Å². The molecule has 0 N–H and O–H groups in total. The molecule has 1 rings (SSSR count). The van der Waals surface area contributed by atoms with Crippen molar-refractivity contribution in [2.45, 2.75) is 20.3 Å². The van der Waals surface area contributed by atoms with Crippen molar-refractivity contribution in [2.75, 3.05) is 6.54 Å². The molecular formula is C8H14NO. The number of piperidine rings is 1. The van der Waals surface area contributed by atoms with Gasteiger partial charge in [-0.05, 0) is 12.3 Å². The van der Waals surface area contributed by atoms with E-state index in [1.54, 1.807) is 4.90 Å². The predicted molar refractivity (Wildman–Crippen MR) is 40.0 cm³/mol. The molecule has 2 nitrogen and oxygen atoms in total. The Morgan fingerprint density at radius 3 is 2.70 bits per heavy atom. The van der Waals surface area contributed by atoms with Gasteiger partial charge in [0.15, 0.2) is 0 Å². The molecule has 0 aromatic carbocycles. The summed E-state index contributed by atoms with van der Waals surface area (Å²) < 4.78 is 0. The maximum absolute atomic E-state index is 11.1. The Morgan fingerprint density at radius 1 is 1.60 bits per heavy atom. The topological polar surface area (TPSA) is 20.3 Å². The number of likely N-dealkylation sites (tertiary alicyclic amines) is 1. The molecule has 0 saturated carbocycles. The summed E-state index contributed by atoms with van der Waals surface area (Å²) >= 11 is 0. The van der Waals surface area contributed by atoms with Crippen LogP contribution >= 0.6 is 0 Å². The van der Waals surface area contributed by atoms with Crippen LogP contribution in [0.2, 0.25) is 0 Å². The molecule has 0 bridgehead atoms. The minimum atomic E-state index is 0.182. The van der Waals surface area contributed by atoms with Crippen molar-refractivity contribution in [1.82, 2.24) is 4.90 Å². The van der Waals surface area contributed by atoms with E-state index in [1.165, 1.54) is 0 Å². The lowest BCUT2D eigenvalue weighted by molar-refractivity contribution is -0.136. The smallest absolute Gasteiger partial charge is 0.225 e. The van der Waals surface area contributed by atoms with E-state index < -0.39 is 0 Å². The first-order valence-corrected chi connectivity index (χ1v) is 3.73. The molecule has 0 spiro atoms. The summed E-state index contributed by atoms with van der Waals surface area (Å²) in [6, 6.07) is 0. The van der Waals surface area contributed by atoms with Crippen molar-refractivity contribution < 1.29 is 4.79 Å². The molecule has 0 aromatic heterocycles. The fraction of sp³-hybridized carbons (Fsp3) is 0.750. The molecule has 2 heteroatoms. The maximum atomic E-state index is 11.1. The zero-order valence-electron chi connectivity index (χ0n) is 6.63. The van der Waals surface area contributed by atoms with E-state index in [0.717, 1.165) is 13.0 Å². The van der Waals surface area contributed by atoms with Gasteiger partial charge in [0.1, 0.15) is 0 Å². The third-order valence-corrected chi connectivity index (χ3v) is 2.02. The molecule has 1 amide bonds. The zero-order chi connectivity index (χ0) is 7.72. The molecule has 1 radical (unpaired) electrons. The first-order valence-electron chi connectivity index (χ1n) is 3.73. The van der Waals surface area contributed by atoms with E-state index in [4.69, 9.17) is 0 Å². The number of carbonyl (C=O) groups is 1. The standard InChI is InChI=1S/C8H14NO/c1-6-4-7(2)8(10)9(3)5-6/h6-7H,3-5H2,1-2H3. The van der Waals surface area contributed by atoms with Gasteiger partial charge in [0.05, 0.1) is 0 Å². The van der Waals surface area contributed by atoms with Gasteiger partial charge in [-0.25, -0.2) is 0 Å². The van der Waals surface area contributed by atoms with Gasteiger partial charge in [-0.1, -0.05) is 13.8 Å². The van der Waals surface area contributed by atoms with Crippen LogP contribution < -0.4 is 0 Å². The number of nitrogens with zero attached hydrogens (tertiary/aromatic N) is 1. The Balaban J connectivity index is 2.57. The van der Waals surface area contributed by atoms with Gasteiger partial charge in [-0.15, -0.1) is 0 Å². The first kappa shape index (κ1) is 7.58. The van der Waals surface area contributed by atoms with E-state index in [1.807, 2.05) is 6.92 Å². The fourth-order valence-corrected chi connectivity index (χ4v) is 1.56. The summed E-state index contributed by atoms with van der Waals surface area (Å²) in [5.41, 5.74) is 0. The van der Waals surface area contributed by atoms with Gasteiger partial charge in [0.2, 0.25) is 5.91 Å². The normalized spacial score (nSPS) is 34.7.